The third-order valence-corrected chi connectivity index (χ3v) is 11.6. The molecule has 4 saturated carbocycles. The first-order valence-corrected chi connectivity index (χ1v) is 16.0. The van der Waals surface area contributed by atoms with Crippen LogP contribution in [0.4, 0.5) is 0 Å². The van der Waals surface area contributed by atoms with Gasteiger partial charge in [-0.2, -0.15) is 0 Å². The Balaban J connectivity index is 1.05. The molecule has 1 aromatic rings. The van der Waals surface area contributed by atoms with Crippen molar-refractivity contribution in [1.82, 2.24) is 0 Å². The van der Waals surface area contributed by atoms with Crippen molar-refractivity contribution < 1.29 is 19.1 Å². The average molecular weight is 521 g/mol. The van der Waals surface area contributed by atoms with Crippen LogP contribution in [0.2, 0.25) is 0 Å². The van der Waals surface area contributed by atoms with Gasteiger partial charge in [-0.15, -0.1) is 0 Å². The lowest BCUT2D eigenvalue weighted by Gasteiger charge is -2.50. The summed E-state index contributed by atoms with van der Waals surface area (Å²) in [5.74, 6) is 4.05. The first-order valence-electron chi connectivity index (χ1n) is 16.0. The van der Waals surface area contributed by atoms with Crippen LogP contribution in [0, 0.1) is 29.1 Å². The van der Waals surface area contributed by atoms with Gasteiger partial charge in [0.15, 0.2) is 0 Å². The molecule has 0 unspecified atom stereocenters. The number of benzene rings is 1. The zero-order chi connectivity index (χ0) is 26.1. The summed E-state index contributed by atoms with van der Waals surface area (Å²) < 4.78 is 12.0. The van der Waals surface area contributed by atoms with Crippen molar-refractivity contribution in [2.24, 2.45) is 29.1 Å². The summed E-state index contributed by atoms with van der Waals surface area (Å²) in [6.07, 6.45) is 20.5. The molecular weight excluding hydrogens is 472 g/mol. The first-order chi connectivity index (χ1) is 18.5. The second kappa shape index (κ2) is 11.3. The Labute approximate surface area is 229 Å². The largest absolute Gasteiger partial charge is 0.462 e. The van der Waals surface area contributed by atoms with Crippen LogP contribution in [0.15, 0.2) is 18.2 Å². The number of fused-ring (bicyclic) bond motifs is 5. The van der Waals surface area contributed by atoms with Gasteiger partial charge in [0.05, 0.1) is 0 Å². The van der Waals surface area contributed by atoms with Crippen LogP contribution >= 0.6 is 0 Å². The minimum Gasteiger partial charge on any atom is -0.462 e. The summed E-state index contributed by atoms with van der Waals surface area (Å²) in [6, 6.07) is 6.44. The molecule has 0 aromatic heterocycles. The molecule has 0 radical (unpaired) electrons. The molecule has 0 spiro atoms. The Morgan fingerprint density at radius 2 is 1.53 bits per heavy atom. The fourth-order valence-corrected chi connectivity index (χ4v) is 9.41. The van der Waals surface area contributed by atoms with Gasteiger partial charge < -0.3 is 9.47 Å². The van der Waals surface area contributed by atoms with Gasteiger partial charge in [0.1, 0.15) is 11.9 Å². The normalized spacial score (nSPS) is 33.0. The maximum absolute atomic E-state index is 12.8. The molecule has 0 heterocycles. The molecule has 5 aliphatic carbocycles. The minimum absolute atomic E-state index is 0.0465. The van der Waals surface area contributed by atoms with E-state index in [9.17, 15) is 9.59 Å². The van der Waals surface area contributed by atoms with Crippen molar-refractivity contribution in [3.63, 3.8) is 0 Å². The minimum atomic E-state index is -0.0752. The van der Waals surface area contributed by atoms with E-state index >= 15 is 0 Å². The van der Waals surface area contributed by atoms with E-state index in [-0.39, 0.29) is 23.5 Å². The fraction of sp³-hybridized carbons (Fsp3) is 0.765. The average Bonchev–Trinajstić information content (AvgIpc) is 3.68. The van der Waals surface area contributed by atoms with E-state index in [2.05, 4.69) is 19.1 Å². The van der Waals surface area contributed by atoms with Gasteiger partial charge in [-0.3, -0.25) is 9.59 Å². The summed E-state index contributed by atoms with van der Waals surface area (Å²) in [7, 11) is 0. The van der Waals surface area contributed by atoms with Gasteiger partial charge in [-0.1, -0.05) is 64.4 Å². The molecule has 5 aliphatic rings. The third kappa shape index (κ3) is 5.43. The van der Waals surface area contributed by atoms with Gasteiger partial charge in [0.25, 0.3) is 0 Å². The van der Waals surface area contributed by atoms with E-state index in [4.69, 9.17) is 9.47 Å². The smallest absolute Gasteiger partial charge is 0.311 e. The summed E-state index contributed by atoms with van der Waals surface area (Å²) >= 11 is 0. The second-order valence-electron chi connectivity index (χ2n) is 13.7. The standard InChI is InChI=1S/C34H48O4/c1-34-21-20-28-27-15-13-26(37-32(35)18-10-23-6-2-3-7-23)22-25(27)12-14-29(28)30(34)16-17-31(34)38-33(36)19-11-24-8-4-5-9-24/h13,15,22-24,28-31H,2-12,14,16-21H2,1H3/t28-,29-,30+,31+,34+/m1/s1. The highest BCUT2D eigenvalue weighted by molar-refractivity contribution is 5.72. The molecular formula is C34H48O4. The van der Waals surface area contributed by atoms with Crippen LogP contribution in [0.25, 0.3) is 0 Å². The van der Waals surface area contributed by atoms with Crippen molar-refractivity contribution in [3.8, 4) is 5.75 Å². The van der Waals surface area contributed by atoms with E-state index in [1.54, 1.807) is 0 Å². The van der Waals surface area contributed by atoms with E-state index in [0.717, 1.165) is 49.7 Å². The predicted molar refractivity (Wildman–Crippen MR) is 149 cm³/mol. The maximum Gasteiger partial charge on any atom is 0.311 e. The Morgan fingerprint density at radius 3 is 2.24 bits per heavy atom. The molecule has 0 saturated heterocycles. The fourth-order valence-electron chi connectivity index (χ4n) is 9.41. The van der Waals surface area contributed by atoms with Gasteiger partial charge >= 0.3 is 11.9 Å². The highest BCUT2D eigenvalue weighted by atomic mass is 16.5. The number of hydrogen-bond donors (Lipinski definition) is 0. The lowest BCUT2D eigenvalue weighted by atomic mass is 9.55. The summed E-state index contributed by atoms with van der Waals surface area (Å²) in [6.45, 7) is 2.42. The van der Waals surface area contributed by atoms with Crippen LogP contribution in [0.3, 0.4) is 0 Å². The third-order valence-electron chi connectivity index (χ3n) is 11.6. The molecule has 4 heteroatoms. The van der Waals surface area contributed by atoms with Gasteiger partial charge in [0, 0.05) is 18.3 Å². The van der Waals surface area contributed by atoms with Crippen molar-refractivity contribution in [2.45, 2.75) is 135 Å². The lowest BCUT2D eigenvalue weighted by molar-refractivity contribution is -0.158. The van der Waals surface area contributed by atoms with Gasteiger partial charge in [0.2, 0.25) is 0 Å². The van der Waals surface area contributed by atoms with E-state index in [0.29, 0.717) is 30.6 Å². The second-order valence-corrected chi connectivity index (χ2v) is 13.7. The predicted octanol–water partition coefficient (Wildman–Crippen LogP) is 8.30. The van der Waals surface area contributed by atoms with Gasteiger partial charge in [-0.25, -0.2) is 0 Å². The molecule has 5 atom stereocenters. The monoisotopic (exact) mass is 520 g/mol. The number of aryl methyl sites for hydroxylation is 1. The summed E-state index contributed by atoms with van der Waals surface area (Å²) in [4.78, 5) is 25.3. The van der Waals surface area contributed by atoms with Gasteiger partial charge in [-0.05, 0) is 104 Å². The molecule has 0 amide bonds. The van der Waals surface area contributed by atoms with Crippen LogP contribution in [-0.2, 0) is 20.7 Å². The number of esters is 2. The molecule has 0 aliphatic heterocycles. The first kappa shape index (κ1) is 26.4. The molecule has 0 N–H and O–H groups in total. The molecule has 208 valence electrons. The quantitative estimate of drug-likeness (QED) is 0.255. The van der Waals surface area contributed by atoms with Crippen molar-refractivity contribution in [1.29, 1.82) is 0 Å². The van der Waals surface area contributed by atoms with E-state index in [1.807, 2.05) is 6.07 Å². The van der Waals surface area contributed by atoms with E-state index < -0.39 is 0 Å². The Kier molecular flexibility index (Phi) is 7.87. The van der Waals surface area contributed by atoms with E-state index in [1.165, 1.54) is 81.8 Å². The molecule has 1 aromatic carbocycles. The van der Waals surface area contributed by atoms with Crippen molar-refractivity contribution in [3.05, 3.63) is 29.3 Å². The van der Waals surface area contributed by atoms with Crippen molar-refractivity contribution in [2.75, 3.05) is 0 Å². The van der Waals surface area contributed by atoms with Crippen LogP contribution in [-0.4, -0.2) is 18.0 Å². The molecule has 6 rings (SSSR count). The SMILES string of the molecule is C[C@]12CC[C@@H]3c4ccc(OC(=O)CCC5CCCC5)cc4CC[C@H]3[C@@H]1CC[C@@H]2OC(=O)CCC1CCCC1. The number of carbonyl (C=O) groups excluding carboxylic acids is 2. The molecule has 0 bridgehead atoms. The summed E-state index contributed by atoms with van der Waals surface area (Å²) in [5, 5.41) is 0. The molecule has 4 nitrogen and oxygen atoms in total. The Morgan fingerprint density at radius 1 is 0.842 bits per heavy atom. The van der Waals surface area contributed by atoms with Crippen molar-refractivity contribution >= 4 is 11.9 Å². The summed E-state index contributed by atoms with van der Waals surface area (Å²) in [5.41, 5.74) is 2.98. The highest BCUT2D eigenvalue weighted by Crippen LogP contribution is 2.61. The Bertz CT molecular complexity index is 1000. The lowest BCUT2D eigenvalue weighted by Crippen LogP contribution is -2.45. The highest BCUT2D eigenvalue weighted by Gasteiger charge is 2.56. The Hall–Kier alpha value is -1.84. The number of hydrogen-bond acceptors (Lipinski definition) is 4. The molecule has 4 fully saturated rings. The maximum atomic E-state index is 12.8. The molecule has 38 heavy (non-hydrogen) atoms. The van der Waals surface area contributed by atoms with Crippen LogP contribution in [0.1, 0.15) is 133 Å². The zero-order valence-corrected chi connectivity index (χ0v) is 23.6. The number of ether oxygens (including phenoxy) is 2. The number of carbonyl (C=O) groups is 2. The number of rotatable bonds is 8. The zero-order valence-electron chi connectivity index (χ0n) is 23.6. The van der Waals surface area contributed by atoms with Crippen LogP contribution in [0.5, 0.6) is 5.75 Å². The topological polar surface area (TPSA) is 52.6 Å². The van der Waals surface area contributed by atoms with Crippen LogP contribution < -0.4 is 4.74 Å².